The maximum absolute atomic E-state index is 11.3. The van der Waals surface area contributed by atoms with Gasteiger partial charge < -0.3 is 9.64 Å². The molecule has 0 aromatic carbocycles. The normalized spacial score (nSPS) is 10.3. The van der Waals surface area contributed by atoms with Crippen molar-refractivity contribution >= 4 is 27.7 Å². The van der Waals surface area contributed by atoms with E-state index in [9.17, 15) is 4.79 Å². The van der Waals surface area contributed by atoms with E-state index < -0.39 is 0 Å². The van der Waals surface area contributed by atoms with Crippen LogP contribution in [0.2, 0.25) is 0 Å². The van der Waals surface area contributed by atoms with Crippen LogP contribution in [0.5, 0.6) is 0 Å². The third-order valence-electron chi connectivity index (χ3n) is 2.07. The van der Waals surface area contributed by atoms with E-state index in [4.69, 9.17) is 0 Å². The van der Waals surface area contributed by atoms with Crippen molar-refractivity contribution in [2.24, 2.45) is 0 Å². The van der Waals surface area contributed by atoms with Crippen molar-refractivity contribution in [3.05, 3.63) is 17.0 Å². The van der Waals surface area contributed by atoms with Crippen LogP contribution in [0.3, 0.4) is 0 Å². The molecule has 1 aromatic rings. The Hall–Kier alpha value is -1.17. The second-order valence-electron chi connectivity index (χ2n) is 3.49. The molecule has 0 aliphatic heterocycles. The van der Waals surface area contributed by atoms with Crippen LogP contribution in [0.1, 0.15) is 13.8 Å². The molecule has 0 atom stereocenters. The van der Waals surface area contributed by atoms with Crippen LogP contribution < -0.4 is 4.90 Å². The number of aromatic nitrogens is 2. The predicted molar refractivity (Wildman–Crippen MR) is 64.2 cm³/mol. The minimum absolute atomic E-state index is 0.144. The van der Waals surface area contributed by atoms with Crippen LogP contribution in [0.15, 0.2) is 17.0 Å². The van der Waals surface area contributed by atoms with Crippen LogP contribution >= 0.6 is 15.9 Å². The van der Waals surface area contributed by atoms with Crippen LogP contribution in [0, 0.1) is 0 Å². The molecular formula is C10H14BrN3O2. The lowest BCUT2D eigenvalue weighted by molar-refractivity contribution is -0.139. The number of esters is 1. The van der Waals surface area contributed by atoms with Gasteiger partial charge in [-0.3, -0.25) is 4.79 Å². The summed E-state index contributed by atoms with van der Waals surface area (Å²) < 4.78 is 5.41. The lowest BCUT2D eigenvalue weighted by Crippen LogP contribution is -2.37. The Kier molecular flexibility index (Phi) is 4.67. The van der Waals surface area contributed by atoms with Crippen LogP contribution in [0.25, 0.3) is 0 Å². The molecule has 6 heteroatoms. The van der Waals surface area contributed by atoms with Crippen molar-refractivity contribution in [2.45, 2.75) is 19.9 Å². The fourth-order valence-corrected chi connectivity index (χ4v) is 1.67. The van der Waals surface area contributed by atoms with Crippen molar-refractivity contribution < 1.29 is 9.53 Å². The van der Waals surface area contributed by atoms with Gasteiger partial charge >= 0.3 is 5.97 Å². The number of carbonyl (C=O) groups excluding carboxylic acids is 1. The Balaban J connectivity index is 2.94. The summed E-state index contributed by atoms with van der Waals surface area (Å²) in [4.78, 5) is 21.2. The molecule has 1 aromatic heterocycles. The molecule has 0 aliphatic rings. The summed E-state index contributed by atoms with van der Waals surface area (Å²) in [7, 11) is 1.37. The highest BCUT2D eigenvalue weighted by Gasteiger charge is 2.18. The number of ether oxygens (including phenoxy) is 1. The highest BCUT2D eigenvalue weighted by molar-refractivity contribution is 9.10. The van der Waals surface area contributed by atoms with E-state index >= 15 is 0 Å². The third kappa shape index (κ3) is 3.16. The fourth-order valence-electron chi connectivity index (χ4n) is 1.22. The van der Waals surface area contributed by atoms with Gasteiger partial charge in [0.1, 0.15) is 18.7 Å². The van der Waals surface area contributed by atoms with Gasteiger partial charge in [0.2, 0.25) is 0 Å². The zero-order valence-corrected chi connectivity index (χ0v) is 11.1. The molecule has 1 heterocycles. The second-order valence-corrected chi connectivity index (χ2v) is 4.35. The van der Waals surface area contributed by atoms with Crippen molar-refractivity contribution in [3.8, 4) is 0 Å². The first-order valence-corrected chi connectivity index (χ1v) is 5.64. The second kappa shape index (κ2) is 5.79. The van der Waals surface area contributed by atoms with Gasteiger partial charge in [0.25, 0.3) is 0 Å². The lowest BCUT2D eigenvalue weighted by Gasteiger charge is -2.27. The smallest absolute Gasteiger partial charge is 0.325 e. The molecule has 0 fully saturated rings. The summed E-state index contributed by atoms with van der Waals surface area (Å²) in [5.41, 5.74) is 0. The van der Waals surface area contributed by atoms with Gasteiger partial charge in [-0.1, -0.05) is 0 Å². The van der Waals surface area contributed by atoms with E-state index in [1.54, 1.807) is 6.20 Å². The molecule has 0 unspecified atom stereocenters. The summed E-state index contributed by atoms with van der Waals surface area (Å²) in [6.07, 6.45) is 3.10. The molecule has 5 nitrogen and oxygen atoms in total. The summed E-state index contributed by atoms with van der Waals surface area (Å²) >= 11 is 3.36. The highest BCUT2D eigenvalue weighted by Crippen LogP contribution is 2.23. The predicted octanol–water partition coefficient (Wildman–Crippen LogP) is 1.63. The van der Waals surface area contributed by atoms with Gasteiger partial charge in [0.15, 0.2) is 0 Å². The minimum atomic E-state index is -0.292. The Morgan fingerprint density at radius 1 is 1.62 bits per heavy atom. The monoisotopic (exact) mass is 287 g/mol. The third-order valence-corrected chi connectivity index (χ3v) is 2.63. The Bertz CT molecular complexity index is 371. The molecule has 0 radical (unpaired) electrons. The topological polar surface area (TPSA) is 55.3 Å². The van der Waals surface area contributed by atoms with Crippen LogP contribution in [0.4, 0.5) is 5.82 Å². The van der Waals surface area contributed by atoms with Crippen molar-refractivity contribution in [2.75, 3.05) is 18.6 Å². The molecule has 0 N–H and O–H groups in total. The number of rotatable bonds is 4. The Morgan fingerprint density at radius 2 is 2.31 bits per heavy atom. The van der Waals surface area contributed by atoms with E-state index in [0.717, 1.165) is 4.47 Å². The Morgan fingerprint density at radius 3 is 2.81 bits per heavy atom. The van der Waals surface area contributed by atoms with E-state index in [1.165, 1.54) is 13.4 Å². The molecule has 0 amide bonds. The van der Waals surface area contributed by atoms with Gasteiger partial charge in [0.05, 0.1) is 11.6 Å². The highest BCUT2D eigenvalue weighted by atomic mass is 79.9. The maximum Gasteiger partial charge on any atom is 0.325 e. The van der Waals surface area contributed by atoms with Crippen molar-refractivity contribution in [3.63, 3.8) is 0 Å². The summed E-state index contributed by atoms with van der Waals surface area (Å²) in [6.45, 7) is 4.14. The first-order chi connectivity index (χ1) is 7.56. The SMILES string of the molecule is COC(=O)CN(c1ncncc1Br)C(C)C. The molecule has 0 saturated carbocycles. The zero-order valence-electron chi connectivity index (χ0n) is 9.48. The lowest BCUT2D eigenvalue weighted by atomic mass is 10.3. The molecule has 0 aliphatic carbocycles. The number of hydrogen-bond donors (Lipinski definition) is 0. The quantitative estimate of drug-likeness (QED) is 0.788. The molecule has 0 saturated heterocycles. The number of nitrogens with zero attached hydrogens (tertiary/aromatic N) is 3. The average Bonchev–Trinajstić information content (AvgIpc) is 2.26. The van der Waals surface area contributed by atoms with E-state index in [1.807, 2.05) is 18.7 Å². The van der Waals surface area contributed by atoms with Gasteiger partial charge in [-0.15, -0.1) is 0 Å². The van der Waals surface area contributed by atoms with E-state index in [0.29, 0.717) is 5.82 Å². The maximum atomic E-state index is 11.3. The van der Waals surface area contributed by atoms with Gasteiger partial charge in [-0.25, -0.2) is 9.97 Å². The first-order valence-electron chi connectivity index (χ1n) is 4.85. The molecule has 88 valence electrons. The minimum Gasteiger partial charge on any atom is -0.468 e. The number of carbonyl (C=O) groups is 1. The molecule has 16 heavy (non-hydrogen) atoms. The molecule has 0 spiro atoms. The summed E-state index contributed by atoms with van der Waals surface area (Å²) in [5, 5.41) is 0. The number of hydrogen-bond acceptors (Lipinski definition) is 5. The fraction of sp³-hybridized carbons (Fsp3) is 0.500. The first kappa shape index (κ1) is 12.9. The van der Waals surface area contributed by atoms with E-state index in [-0.39, 0.29) is 18.6 Å². The summed E-state index contributed by atoms with van der Waals surface area (Å²) in [5.74, 6) is 0.398. The molecule has 0 bridgehead atoms. The number of halogens is 1. The van der Waals surface area contributed by atoms with Gasteiger partial charge in [0, 0.05) is 12.2 Å². The van der Waals surface area contributed by atoms with Gasteiger partial charge in [-0.2, -0.15) is 0 Å². The Labute approximate surface area is 103 Å². The number of methoxy groups -OCH3 is 1. The van der Waals surface area contributed by atoms with E-state index in [2.05, 4.69) is 30.6 Å². The standard InChI is InChI=1S/C10H14BrN3O2/c1-7(2)14(5-9(15)16-3)10-8(11)4-12-6-13-10/h4,6-7H,5H2,1-3H3. The summed E-state index contributed by atoms with van der Waals surface area (Å²) in [6, 6.07) is 0.144. The number of anilines is 1. The van der Waals surface area contributed by atoms with Crippen LogP contribution in [-0.2, 0) is 9.53 Å². The largest absolute Gasteiger partial charge is 0.468 e. The van der Waals surface area contributed by atoms with Crippen molar-refractivity contribution in [1.29, 1.82) is 0 Å². The zero-order chi connectivity index (χ0) is 12.1. The molecule has 1 rings (SSSR count). The average molecular weight is 288 g/mol. The van der Waals surface area contributed by atoms with Crippen LogP contribution in [-0.4, -0.2) is 35.6 Å². The van der Waals surface area contributed by atoms with Crippen molar-refractivity contribution in [1.82, 2.24) is 9.97 Å². The van der Waals surface area contributed by atoms with Gasteiger partial charge in [-0.05, 0) is 29.8 Å². The molecular weight excluding hydrogens is 274 g/mol.